The number of likely N-dealkylation sites (N-methyl/N-ethyl adjacent to an activating group) is 1. The fourth-order valence-corrected chi connectivity index (χ4v) is 2.54. The van der Waals surface area contributed by atoms with E-state index in [4.69, 9.17) is 4.74 Å². The van der Waals surface area contributed by atoms with Crippen molar-refractivity contribution in [3.63, 3.8) is 0 Å². The molecular weight excluding hydrogens is 222 g/mol. The van der Waals surface area contributed by atoms with Crippen LogP contribution in [0.2, 0.25) is 0 Å². The molecule has 0 radical (unpaired) electrons. The van der Waals surface area contributed by atoms with Crippen molar-refractivity contribution in [2.24, 2.45) is 0 Å². The van der Waals surface area contributed by atoms with Crippen LogP contribution in [0.1, 0.15) is 44.2 Å². The van der Waals surface area contributed by atoms with Gasteiger partial charge in [0.25, 0.3) is 0 Å². The van der Waals surface area contributed by atoms with Gasteiger partial charge in [-0.15, -0.1) is 0 Å². The molecule has 0 saturated carbocycles. The van der Waals surface area contributed by atoms with Crippen molar-refractivity contribution in [2.45, 2.75) is 51.2 Å². The molecule has 1 N–H and O–H groups in total. The molecular formula is C16H25NO. The minimum atomic E-state index is -0.0490. The summed E-state index contributed by atoms with van der Waals surface area (Å²) in [5.74, 6) is 0.710. The summed E-state index contributed by atoms with van der Waals surface area (Å²) in [6.07, 6.45) is 2.40. The van der Waals surface area contributed by atoms with Crippen LogP contribution in [-0.2, 0) is 11.2 Å². The third-order valence-corrected chi connectivity index (χ3v) is 3.66. The van der Waals surface area contributed by atoms with Crippen molar-refractivity contribution < 1.29 is 4.74 Å². The Bertz CT molecular complexity index is 394. The first kappa shape index (κ1) is 13.6. The Hall–Kier alpha value is -0.860. The van der Waals surface area contributed by atoms with E-state index in [0.717, 1.165) is 6.61 Å². The molecule has 0 amide bonds. The molecule has 0 heterocycles. The molecule has 2 heteroatoms. The number of ether oxygens (including phenoxy) is 1. The van der Waals surface area contributed by atoms with Crippen molar-refractivity contribution in [1.29, 1.82) is 0 Å². The van der Waals surface area contributed by atoms with Gasteiger partial charge in [0.15, 0.2) is 0 Å². The van der Waals surface area contributed by atoms with Crippen molar-refractivity contribution >= 4 is 0 Å². The first-order valence-electron chi connectivity index (χ1n) is 6.88. The topological polar surface area (TPSA) is 21.3 Å². The van der Waals surface area contributed by atoms with Gasteiger partial charge in [0, 0.05) is 6.04 Å². The fourth-order valence-electron chi connectivity index (χ4n) is 2.54. The normalized spacial score (nSPS) is 20.1. The Morgan fingerprint density at radius 3 is 2.67 bits per heavy atom. The largest absolute Gasteiger partial charge is 0.374 e. The van der Waals surface area contributed by atoms with Crippen LogP contribution in [0.15, 0.2) is 24.3 Å². The van der Waals surface area contributed by atoms with Crippen LogP contribution in [0.5, 0.6) is 0 Å². The van der Waals surface area contributed by atoms with Crippen LogP contribution in [0.3, 0.4) is 0 Å². The average molecular weight is 247 g/mol. The molecule has 100 valence electrons. The van der Waals surface area contributed by atoms with Crippen molar-refractivity contribution in [3.8, 4) is 0 Å². The predicted octanol–water partition coefficient (Wildman–Crippen LogP) is 3.12. The van der Waals surface area contributed by atoms with Crippen LogP contribution in [0.25, 0.3) is 0 Å². The Morgan fingerprint density at radius 1 is 1.33 bits per heavy atom. The van der Waals surface area contributed by atoms with Crippen molar-refractivity contribution in [1.82, 2.24) is 5.32 Å². The molecule has 2 nitrogen and oxygen atoms in total. The van der Waals surface area contributed by atoms with Crippen LogP contribution in [0.4, 0.5) is 0 Å². The maximum Gasteiger partial charge on any atom is 0.0626 e. The van der Waals surface area contributed by atoms with E-state index < -0.39 is 0 Å². The van der Waals surface area contributed by atoms with Gasteiger partial charge in [-0.05, 0) is 57.7 Å². The summed E-state index contributed by atoms with van der Waals surface area (Å²) in [5.41, 5.74) is 3.01. The second-order valence-electron chi connectivity index (χ2n) is 6.24. The van der Waals surface area contributed by atoms with Crippen LogP contribution in [-0.4, -0.2) is 25.3 Å². The van der Waals surface area contributed by atoms with E-state index in [9.17, 15) is 0 Å². The smallest absolute Gasteiger partial charge is 0.0626 e. The Labute approximate surface area is 111 Å². The number of nitrogens with one attached hydrogen (secondary N) is 1. The summed E-state index contributed by atoms with van der Waals surface area (Å²) in [6, 6.07) is 9.23. The zero-order chi connectivity index (χ0) is 13.2. The number of rotatable bonds is 5. The third-order valence-electron chi connectivity index (χ3n) is 3.66. The minimum Gasteiger partial charge on any atom is -0.374 e. The van der Waals surface area contributed by atoms with Gasteiger partial charge in [-0.25, -0.2) is 0 Å². The van der Waals surface area contributed by atoms with Gasteiger partial charge < -0.3 is 10.1 Å². The first-order valence-corrected chi connectivity index (χ1v) is 6.88. The van der Waals surface area contributed by atoms with E-state index in [2.05, 4.69) is 50.4 Å². The number of benzene rings is 1. The van der Waals surface area contributed by atoms with Gasteiger partial charge in [0.2, 0.25) is 0 Å². The highest BCUT2D eigenvalue weighted by Gasteiger charge is 2.28. The van der Waals surface area contributed by atoms with E-state index in [-0.39, 0.29) is 5.60 Å². The predicted molar refractivity (Wildman–Crippen MR) is 76.1 cm³/mol. The standard InChI is InChI=1S/C16H25NO/c1-16(2,3)18-11-14(17-4)10-13-9-12-7-5-6-8-15(12)13/h5-8,13-14,17H,9-11H2,1-4H3. The van der Waals surface area contributed by atoms with E-state index in [1.807, 2.05) is 7.05 Å². The summed E-state index contributed by atoms with van der Waals surface area (Å²) in [6.45, 7) is 7.12. The van der Waals surface area contributed by atoms with Gasteiger partial charge >= 0.3 is 0 Å². The van der Waals surface area contributed by atoms with E-state index in [1.165, 1.54) is 24.0 Å². The number of hydrogen-bond donors (Lipinski definition) is 1. The molecule has 1 aliphatic rings. The summed E-state index contributed by atoms with van der Waals surface area (Å²) in [4.78, 5) is 0. The third kappa shape index (κ3) is 3.33. The second-order valence-corrected chi connectivity index (χ2v) is 6.24. The highest BCUT2D eigenvalue weighted by atomic mass is 16.5. The summed E-state index contributed by atoms with van der Waals surface area (Å²) >= 11 is 0. The Morgan fingerprint density at radius 2 is 2.06 bits per heavy atom. The van der Waals surface area contributed by atoms with E-state index >= 15 is 0 Å². The highest BCUT2D eigenvalue weighted by Crippen LogP contribution is 2.38. The number of hydrogen-bond acceptors (Lipinski definition) is 2. The van der Waals surface area contributed by atoms with Gasteiger partial charge in [0.1, 0.15) is 0 Å². The molecule has 18 heavy (non-hydrogen) atoms. The molecule has 2 unspecified atom stereocenters. The summed E-state index contributed by atoms with van der Waals surface area (Å²) in [7, 11) is 2.03. The molecule has 1 aromatic carbocycles. The molecule has 2 rings (SSSR count). The number of fused-ring (bicyclic) bond motifs is 1. The molecule has 1 aliphatic carbocycles. The lowest BCUT2D eigenvalue weighted by atomic mass is 9.74. The van der Waals surface area contributed by atoms with Gasteiger partial charge in [-0.2, -0.15) is 0 Å². The molecule has 0 bridgehead atoms. The van der Waals surface area contributed by atoms with E-state index in [1.54, 1.807) is 0 Å². The highest BCUT2D eigenvalue weighted by molar-refractivity contribution is 5.39. The van der Waals surface area contributed by atoms with Crippen LogP contribution >= 0.6 is 0 Å². The summed E-state index contributed by atoms with van der Waals surface area (Å²) < 4.78 is 5.88. The molecule has 0 saturated heterocycles. The van der Waals surface area contributed by atoms with Gasteiger partial charge in [-0.1, -0.05) is 24.3 Å². The Kier molecular flexibility index (Phi) is 4.08. The second kappa shape index (κ2) is 5.41. The lowest BCUT2D eigenvalue weighted by molar-refractivity contribution is -0.0155. The fraction of sp³-hybridized carbons (Fsp3) is 0.625. The molecule has 0 spiro atoms. The van der Waals surface area contributed by atoms with Gasteiger partial charge in [0.05, 0.1) is 12.2 Å². The SMILES string of the molecule is CNC(COC(C)(C)C)CC1Cc2ccccc21. The molecule has 0 aromatic heterocycles. The van der Waals surface area contributed by atoms with Crippen LogP contribution in [0, 0.1) is 0 Å². The van der Waals surface area contributed by atoms with Crippen molar-refractivity contribution in [3.05, 3.63) is 35.4 Å². The van der Waals surface area contributed by atoms with Crippen molar-refractivity contribution in [2.75, 3.05) is 13.7 Å². The Balaban J connectivity index is 1.86. The molecule has 0 aliphatic heterocycles. The maximum atomic E-state index is 5.88. The quantitative estimate of drug-likeness (QED) is 0.863. The molecule has 1 aromatic rings. The average Bonchev–Trinajstić information content (AvgIpc) is 2.28. The maximum absolute atomic E-state index is 5.88. The minimum absolute atomic E-state index is 0.0490. The molecule has 0 fully saturated rings. The molecule has 2 atom stereocenters. The van der Waals surface area contributed by atoms with Gasteiger partial charge in [-0.3, -0.25) is 0 Å². The first-order chi connectivity index (χ1) is 8.49. The summed E-state index contributed by atoms with van der Waals surface area (Å²) in [5, 5.41) is 3.38. The lowest BCUT2D eigenvalue weighted by Crippen LogP contribution is -2.37. The lowest BCUT2D eigenvalue weighted by Gasteiger charge is -2.34. The zero-order valence-corrected chi connectivity index (χ0v) is 12.0. The van der Waals surface area contributed by atoms with Crippen LogP contribution < -0.4 is 5.32 Å². The zero-order valence-electron chi connectivity index (χ0n) is 12.0. The monoisotopic (exact) mass is 247 g/mol. The van der Waals surface area contributed by atoms with E-state index in [0.29, 0.717) is 12.0 Å².